The van der Waals surface area contributed by atoms with E-state index in [0.717, 1.165) is 21.2 Å². The first-order chi connectivity index (χ1) is 15.5. The van der Waals surface area contributed by atoms with E-state index in [0.29, 0.717) is 28.0 Å². The molecule has 2 aromatic carbocycles. The molecule has 3 aromatic rings. The van der Waals surface area contributed by atoms with Crippen molar-refractivity contribution in [1.29, 1.82) is 0 Å². The highest BCUT2D eigenvalue weighted by molar-refractivity contribution is 8.01. The van der Waals surface area contributed by atoms with Crippen molar-refractivity contribution in [2.24, 2.45) is 0 Å². The summed E-state index contributed by atoms with van der Waals surface area (Å²) in [6.07, 6.45) is 1.79. The summed E-state index contributed by atoms with van der Waals surface area (Å²) in [6, 6.07) is 14.8. The van der Waals surface area contributed by atoms with Crippen LogP contribution in [0.5, 0.6) is 0 Å². The highest BCUT2D eigenvalue weighted by atomic mass is 35.5. The summed E-state index contributed by atoms with van der Waals surface area (Å²) in [5, 5.41) is 11.9. The molecule has 0 saturated carbocycles. The number of hydrogen-bond donors (Lipinski definition) is 1. The predicted molar refractivity (Wildman–Crippen MR) is 132 cm³/mol. The number of halogens is 1. The van der Waals surface area contributed by atoms with E-state index in [9.17, 15) is 9.59 Å². The lowest BCUT2D eigenvalue weighted by molar-refractivity contribution is -0.128. The Kier molecular flexibility index (Phi) is 7.51. The molecule has 6 nitrogen and oxygen atoms in total. The molecular weight excluding hydrogens is 484 g/mol. The smallest absolute Gasteiger partial charge is 0.257 e. The Labute approximate surface area is 203 Å². The molecule has 0 spiro atoms. The molecule has 32 heavy (non-hydrogen) atoms. The van der Waals surface area contributed by atoms with E-state index < -0.39 is 0 Å². The fraction of sp³-hybridized carbons (Fsp3) is 0.182. The first-order valence-corrected chi connectivity index (χ1v) is 12.9. The van der Waals surface area contributed by atoms with Crippen molar-refractivity contribution >= 4 is 63.4 Å². The highest BCUT2D eigenvalue weighted by Gasteiger charge is 2.32. The number of carbonyl (C=O) groups is 2. The number of anilines is 1. The molecule has 1 atom stereocenters. The summed E-state index contributed by atoms with van der Waals surface area (Å²) in [7, 11) is 0. The first-order valence-electron chi connectivity index (χ1n) is 9.67. The third kappa shape index (κ3) is 5.53. The van der Waals surface area contributed by atoms with E-state index in [2.05, 4.69) is 22.1 Å². The van der Waals surface area contributed by atoms with Crippen molar-refractivity contribution in [1.82, 2.24) is 15.1 Å². The first kappa shape index (κ1) is 22.8. The summed E-state index contributed by atoms with van der Waals surface area (Å²) < 4.78 is 0.777. The normalized spacial score (nSPS) is 15.7. The number of benzene rings is 2. The summed E-state index contributed by atoms with van der Waals surface area (Å²) in [5.74, 6) is 1.02. The summed E-state index contributed by atoms with van der Waals surface area (Å²) >= 11 is 10.4. The van der Waals surface area contributed by atoms with Gasteiger partial charge in [0.15, 0.2) is 4.34 Å². The van der Waals surface area contributed by atoms with Gasteiger partial charge in [-0.15, -0.1) is 28.5 Å². The lowest BCUT2D eigenvalue weighted by atomic mass is 10.1. The summed E-state index contributed by atoms with van der Waals surface area (Å²) in [5.41, 5.74) is 2.52. The highest BCUT2D eigenvalue weighted by Crippen LogP contribution is 2.39. The molecule has 10 heteroatoms. The molecule has 1 aliphatic heterocycles. The largest absolute Gasteiger partial charge is 0.322 e. The van der Waals surface area contributed by atoms with Crippen molar-refractivity contribution in [2.75, 3.05) is 16.8 Å². The van der Waals surface area contributed by atoms with Crippen molar-refractivity contribution < 1.29 is 9.59 Å². The number of thioether (sulfide) groups is 2. The lowest BCUT2D eigenvalue weighted by Crippen LogP contribution is -2.27. The molecule has 0 radical (unpaired) electrons. The summed E-state index contributed by atoms with van der Waals surface area (Å²) in [4.78, 5) is 26.9. The SMILES string of the molecule is C=CCSc1nnc(NC(=O)c2ccc([C@H]3SCC(=O)N3Cc3ccc(Cl)cc3)cc2)s1. The second-order valence-corrected chi connectivity index (χ2v) is 10.6. The second-order valence-electron chi connectivity index (χ2n) is 6.86. The zero-order valence-corrected chi connectivity index (χ0v) is 20.1. The average Bonchev–Trinajstić information content (AvgIpc) is 3.40. The van der Waals surface area contributed by atoms with Gasteiger partial charge in [0.25, 0.3) is 5.91 Å². The van der Waals surface area contributed by atoms with E-state index in [4.69, 9.17) is 11.6 Å². The van der Waals surface area contributed by atoms with Gasteiger partial charge < -0.3 is 4.90 Å². The number of rotatable bonds is 8. The number of amides is 2. The van der Waals surface area contributed by atoms with Crippen LogP contribution in [0.2, 0.25) is 5.02 Å². The molecule has 0 bridgehead atoms. The fourth-order valence-corrected chi connectivity index (χ4v) is 5.93. The van der Waals surface area contributed by atoms with Crippen LogP contribution in [0.4, 0.5) is 5.13 Å². The molecule has 1 N–H and O–H groups in total. The molecule has 1 aliphatic rings. The van der Waals surface area contributed by atoms with E-state index in [1.54, 1.807) is 30.0 Å². The van der Waals surface area contributed by atoms with Crippen LogP contribution in [0.25, 0.3) is 0 Å². The Morgan fingerprint density at radius 3 is 2.69 bits per heavy atom. The van der Waals surface area contributed by atoms with Crippen LogP contribution >= 0.6 is 46.5 Å². The number of aromatic nitrogens is 2. The van der Waals surface area contributed by atoms with E-state index in [1.807, 2.05) is 41.3 Å². The maximum absolute atomic E-state index is 12.6. The van der Waals surface area contributed by atoms with Gasteiger partial charge in [-0.1, -0.05) is 65.0 Å². The number of nitrogens with one attached hydrogen (secondary N) is 1. The van der Waals surface area contributed by atoms with Gasteiger partial charge in [0.1, 0.15) is 5.37 Å². The van der Waals surface area contributed by atoms with Crippen LogP contribution in [-0.2, 0) is 11.3 Å². The lowest BCUT2D eigenvalue weighted by Gasteiger charge is -2.24. The number of nitrogens with zero attached hydrogens (tertiary/aromatic N) is 3. The van der Waals surface area contributed by atoms with Crippen LogP contribution in [0.1, 0.15) is 26.9 Å². The van der Waals surface area contributed by atoms with Gasteiger partial charge in [0, 0.05) is 22.9 Å². The molecule has 4 rings (SSSR count). The molecule has 1 aromatic heterocycles. The van der Waals surface area contributed by atoms with Crippen LogP contribution in [0.3, 0.4) is 0 Å². The van der Waals surface area contributed by atoms with Crippen LogP contribution in [0.15, 0.2) is 65.5 Å². The molecule has 2 amide bonds. The average molecular weight is 503 g/mol. The molecule has 0 unspecified atom stereocenters. The van der Waals surface area contributed by atoms with E-state index >= 15 is 0 Å². The van der Waals surface area contributed by atoms with Gasteiger partial charge in [0.05, 0.1) is 5.75 Å². The van der Waals surface area contributed by atoms with Gasteiger partial charge in [-0.05, 0) is 35.4 Å². The molecule has 164 valence electrons. The molecule has 0 aliphatic carbocycles. The van der Waals surface area contributed by atoms with Crippen molar-refractivity contribution in [2.45, 2.75) is 16.3 Å². The maximum atomic E-state index is 12.6. The Balaban J connectivity index is 1.42. The van der Waals surface area contributed by atoms with Crippen LogP contribution in [0, 0.1) is 0 Å². The Morgan fingerprint density at radius 2 is 1.97 bits per heavy atom. The Morgan fingerprint density at radius 1 is 1.22 bits per heavy atom. The monoisotopic (exact) mass is 502 g/mol. The van der Waals surface area contributed by atoms with E-state index in [1.165, 1.54) is 23.1 Å². The second kappa shape index (κ2) is 10.5. The minimum Gasteiger partial charge on any atom is -0.322 e. The third-order valence-corrected chi connectivity index (χ3v) is 8.12. The van der Waals surface area contributed by atoms with Gasteiger partial charge in [-0.2, -0.15) is 0 Å². The topological polar surface area (TPSA) is 75.2 Å². The van der Waals surface area contributed by atoms with Crippen molar-refractivity contribution in [3.8, 4) is 0 Å². The van der Waals surface area contributed by atoms with E-state index in [-0.39, 0.29) is 17.2 Å². The number of hydrogen-bond acceptors (Lipinski definition) is 7. The summed E-state index contributed by atoms with van der Waals surface area (Å²) in [6.45, 7) is 4.19. The maximum Gasteiger partial charge on any atom is 0.257 e. The molecule has 2 heterocycles. The predicted octanol–water partition coefficient (Wildman–Crippen LogP) is 5.50. The van der Waals surface area contributed by atoms with Gasteiger partial charge in [0.2, 0.25) is 11.0 Å². The van der Waals surface area contributed by atoms with Crippen molar-refractivity contribution in [3.63, 3.8) is 0 Å². The zero-order valence-electron chi connectivity index (χ0n) is 16.9. The fourth-order valence-electron chi connectivity index (χ4n) is 3.10. The standard InChI is InChI=1S/C22H19ClN4O2S3/c1-2-11-30-22-26-25-21(32-22)24-19(29)15-5-7-16(8-6-15)20-27(18(28)13-31-20)12-14-3-9-17(23)10-4-14/h2-10,20H,1,11-13H2,(H,24,25,29)/t20-/m1/s1. The Bertz CT molecular complexity index is 1120. The third-order valence-electron chi connectivity index (χ3n) is 4.64. The minimum absolute atomic E-state index is 0.0945. The van der Waals surface area contributed by atoms with Crippen molar-refractivity contribution in [3.05, 3.63) is 82.9 Å². The van der Waals surface area contributed by atoms with Crippen LogP contribution in [-0.4, -0.2) is 38.4 Å². The number of carbonyl (C=O) groups excluding carboxylic acids is 2. The van der Waals surface area contributed by atoms with Gasteiger partial charge in [-0.25, -0.2) is 0 Å². The van der Waals surface area contributed by atoms with Crippen LogP contribution < -0.4 is 5.32 Å². The van der Waals surface area contributed by atoms with Gasteiger partial charge >= 0.3 is 0 Å². The quantitative estimate of drug-likeness (QED) is 0.249. The minimum atomic E-state index is -0.249. The van der Waals surface area contributed by atoms with Gasteiger partial charge in [-0.3, -0.25) is 14.9 Å². The molecule has 1 fully saturated rings. The molecular formula is C22H19ClN4O2S3. The molecule has 1 saturated heterocycles. The Hall–Kier alpha value is -2.33. The zero-order chi connectivity index (χ0) is 22.5.